The highest BCUT2D eigenvalue weighted by molar-refractivity contribution is 5.91. The van der Waals surface area contributed by atoms with Gasteiger partial charge >= 0.3 is 12.1 Å². The number of amides is 1. The fourth-order valence-corrected chi connectivity index (χ4v) is 2.10. The Morgan fingerprint density at radius 1 is 1.50 bits per heavy atom. The minimum atomic E-state index is -1.01. The lowest BCUT2D eigenvalue weighted by atomic mass is 10.1. The molecule has 1 aliphatic rings. The van der Waals surface area contributed by atoms with Gasteiger partial charge in [-0.2, -0.15) is 0 Å². The Labute approximate surface area is 116 Å². The van der Waals surface area contributed by atoms with Gasteiger partial charge in [-0.1, -0.05) is 18.7 Å². The number of benzene rings is 1. The van der Waals surface area contributed by atoms with E-state index in [9.17, 15) is 14.7 Å². The van der Waals surface area contributed by atoms with Crippen LogP contribution in [-0.2, 0) is 11.3 Å². The van der Waals surface area contributed by atoms with Crippen molar-refractivity contribution in [3.05, 3.63) is 42.0 Å². The van der Waals surface area contributed by atoms with Gasteiger partial charge in [-0.3, -0.25) is 0 Å². The molecule has 0 bridgehead atoms. The molecular formula is C14H16N2O4. The number of hydrogen-bond donors (Lipinski definition) is 2. The molecule has 1 aromatic rings. The van der Waals surface area contributed by atoms with Crippen LogP contribution in [0.5, 0.6) is 0 Å². The summed E-state index contributed by atoms with van der Waals surface area (Å²) in [6.45, 7) is 4.82. The summed E-state index contributed by atoms with van der Waals surface area (Å²) in [7, 11) is 0. The fourth-order valence-electron chi connectivity index (χ4n) is 2.10. The van der Waals surface area contributed by atoms with Crippen molar-refractivity contribution in [2.45, 2.75) is 6.54 Å². The van der Waals surface area contributed by atoms with Gasteiger partial charge in [0.25, 0.3) is 0 Å². The van der Waals surface area contributed by atoms with E-state index in [0.29, 0.717) is 18.7 Å². The van der Waals surface area contributed by atoms with Gasteiger partial charge in [0.05, 0.1) is 12.1 Å². The Balaban J connectivity index is 2.26. The Bertz CT molecular complexity index is 542. The number of aromatic carboxylic acids is 1. The van der Waals surface area contributed by atoms with Crippen LogP contribution in [0.2, 0.25) is 0 Å². The highest BCUT2D eigenvalue weighted by Gasteiger charge is 2.23. The molecule has 2 rings (SSSR count). The lowest BCUT2D eigenvalue weighted by Crippen LogP contribution is -2.33. The van der Waals surface area contributed by atoms with Gasteiger partial charge in [0.1, 0.15) is 6.61 Å². The van der Waals surface area contributed by atoms with Crippen LogP contribution in [0, 0.1) is 0 Å². The molecule has 1 amide bonds. The Kier molecular flexibility index (Phi) is 4.24. The van der Waals surface area contributed by atoms with Crippen molar-refractivity contribution in [2.24, 2.45) is 0 Å². The van der Waals surface area contributed by atoms with Crippen molar-refractivity contribution < 1.29 is 19.4 Å². The first-order valence-electron chi connectivity index (χ1n) is 6.25. The summed E-state index contributed by atoms with van der Waals surface area (Å²) in [5.41, 5.74) is 1.52. The van der Waals surface area contributed by atoms with Crippen molar-refractivity contribution in [1.29, 1.82) is 0 Å². The number of anilines is 1. The number of carboxylic acid groups (broad SMARTS) is 1. The number of nitrogens with zero attached hydrogens (tertiary/aromatic N) is 1. The monoisotopic (exact) mass is 276 g/mol. The van der Waals surface area contributed by atoms with E-state index in [-0.39, 0.29) is 18.7 Å². The standard InChI is InChI=1S/C14H16N2O4/c1-2-8-20-14(19)16-7-6-15-12-5-3-4-10(13(17)18)11(12)9-16/h2-5,15H,1,6-9H2,(H,17,18). The quantitative estimate of drug-likeness (QED) is 0.825. The van der Waals surface area contributed by atoms with Gasteiger partial charge < -0.3 is 20.1 Å². The molecule has 6 nitrogen and oxygen atoms in total. The maximum Gasteiger partial charge on any atom is 0.410 e. The van der Waals surface area contributed by atoms with E-state index in [2.05, 4.69) is 11.9 Å². The summed E-state index contributed by atoms with van der Waals surface area (Å²) in [4.78, 5) is 24.6. The molecule has 106 valence electrons. The number of carbonyl (C=O) groups excluding carboxylic acids is 1. The average molecular weight is 276 g/mol. The van der Waals surface area contributed by atoms with E-state index >= 15 is 0 Å². The number of fused-ring (bicyclic) bond motifs is 1. The van der Waals surface area contributed by atoms with Crippen LogP contribution in [0.4, 0.5) is 10.5 Å². The molecule has 20 heavy (non-hydrogen) atoms. The molecule has 0 saturated heterocycles. The van der Waals surface area contributed by atoms with E-state index in [1.54, 1.807) is 12.1 Å². The third-order valence-corrected chi connectivity index (χ3v) is 3.04. The van der Waals surface area contributed by atoms with Gasteiger partial charge in [0.2, 0.25) is 0 Å². The van der Waals surface area contributed by atoms with E-state index < -0.39 is 12.1 Å². The zero-order valence-electron chi connectivity index (χ0n) is 11.0. The van der Waals surface area contributed by atoms with Crippen LogP contribution in [0.1, 0.15) is 15.9 Å². The number of rotatable bonds is 3. The fraction of sp³-hybridized carbons (Fsp3) is 0.286. The molecule has 1 aliphatic heterocycles. The zero-order chi connectivity index (χ0) is 14.5. The number of hydrogen-bond acceptors (Lipinski definition) is 4. The maximum atomic E-state index is 11.9. The molecule has 0 fully saturated rings. The van der Waals surface area contributed by atoms with Crippen LogP contribution in [0.25, 0.3) is 0 Å². The van der Waals surface area contributed by atoms with Gasteiger partial charge in [-0.15, -0.1) is 0 Å². The van der Waals surface area contributed by atoms with E-state index in [4.69, 9.17) is 4.74 Å². The normalized spacial score (nSPS) is 13.7. The van der Waals surface area contributed by atoms with Gasteiger partial charge in [-0.05, 0) is 12.1 Å². The Morgan fingerprint density at radius 3 is 3.00 bits per heavy atom. The highest BCUT2D eigenvalue weighted by Crippen LogP contribution is 2.24. The van der Waals surface area contributed by atoms with Crippen molar-refractivity contribution in [3.8, 4) is 0 Å². The predicted molar refractivity (Wildman–Crippen MR) is 73.8 cm³/mol. The molecule has 1 heterocycles. The lowest BCUT2D eigenvalue weighted by molar-refractivity contribution is 0.0692. The number of carbonyl (C=O) groups is 2. The third-order valence-electron chi connectivity index (χ3n) is 3.04. The van der Waals surface area contributed by atoms with Gasteiger partial charge in [0.15, 0.2) is 0 Å². The Hall–Kier alpha value is -2.50. The summed E-state index contributed by atoms with van der Waals surface area (Å²) in [5, 5.41) is 12.4. The molecule has 0 aromatic heterocycles. The summed E-state index contributed by atoms with van der Waals surface area (Å²) >= 11 is 0. The van der Waals surface area contributed by atoms with Gasteiger partial charge in [0, 0.05) is 24.3 Å². The molecule has 0 aliphatic carbocycles. The predicted octanol–water partition coefficient (Wildman–Crippen LogP) is 1.93. The molecule has 0 radical (unpaired) electrons. The average Bonchev–Trinajstić information content (AvgIpc) is 2.66. The first-order valence-corrected chi connectivity index (χ1v) is 6.25. The number of carboxylic acids is 1. The summed E-state index contributed by atoms with van der Waals surface area (Å²) in [6.07, 6.45) is 1.02. The summed E-state index contributed by atoms with van der Waals surface area (Å²) in [5.74, 6) is -1.01. The molecule has 2 N–H and O–H groups in total. The molecule has 1 aromatic carbocycles. The van der Waals surface area contributed by atoms with E-state index in [1.807, 2.05) is 0 Å². The maximum absolute atomic E-state index is 11.9. The lowest BCUT2D eigenvalue weighted by Gasteiger charge is -2.20. The minimum absolute atomic E-state index is 0.135. The van der Waals surface area contributed by atoms with Crippen LogP contribution in [-0.4, -0.2) is 41.8 Å². The number of nitrogens with one attached hydrogen (secondary N) is 1. The third kappa shape index (κ3) is 2.90. The van der Waals surface area contributed by atoms with Crippen molar-refractivity contribution >= 4 is 17.7 Å². The van der Waals surface area contributed by atoms with Crippen LogP contribution < -0.4 is 5.32 Å². The minimum Gasteiger partial charge on any atom is -0.478 e. The van der Waals surface area contributed by atoms with E-state index in [1.165, 1.54) is 17.0 Å². The topological polar surface area (TPSA) is 78.9 Å². The second kappa shape index (κ2) is 6.10. The van der Waals surface area contributed by atoms with Crippen LogP contribution >= 0.6 is 0 Å². The second-order valence-electron chi connectivity index (χ2n) is 4.35. The second-order valence-corrected chi connectivity index (χ2v) is 4.35. The number of ether oxygens (including phenoxy) is 1. The van der Waals surface area contributed by atoms with Crippen LogP contribution in [0.3, 0.4) is 0 Å². The van der Waals surface area contributed by atoms with Crippen molar-refractivity contribution in [3.63, 3.8) is 0 Å². The summed E-state index contributed by atoms with van der Waals surface area (Å²) in [6, 6.07) is 5.02. The van der Waals surface area contributed by atoms with E-state index in [0.717, 1.165) is 5.69 Å². The van der Waals surface area contributed by atoms with Gasteiger partial charge in [-0.25, -0.2) is 9.59 Å². The first-order chi connectivity index (χ1) is 9.63. The molecule has 0 spiro atoms. The Morgan fingerprint density at radius 2 is 2.30 bits per heavy atom. The highest BCUT2D eigenvalue weighted by atomic mass is 16.6. The molecule has 6 heteroatoms. The molecule has 0 saturated carbocycles. The molecule has 0 unspecified atom stereocenters. The van der Waals surface area contributed by atoms with Crippen LogP contribution in [0.15, 0.2) is 30.9 Å². The molecular weight excluding hydrogens is 260 g/mol. The zero-order valence-corrected chi connectivity index (χ0v) is 11.0. The van der Waals surface area contributed by atoms with Crippen molar-refractivity contribution in [1.82, 2.24) is 4.90 Å². The SMILES string of the molecule is C=CCOC(=O)N1CCNc2cccc(C(=O)O)c2C1. The molecule has 0 atom stereocenters. The largest absolute Gasteiger partial charge is 0.478 e. The summed E-state index contributed by atoms with van der Waals surface area (Å²) < 4.78 is 5.00. The first kappa shape index (κ1) is 13.9. The van der Waals surface area contributed by atoms with Crippen molar-refractivity contribution in [2.75, 3.05) is 25.0 Å². The smallest absolute Gasteiger partial charge is 0.410 e.